The number of aliphatic hydroxyl groups excluding tert-OH is 1. The topological polar surface area (TPSA) is 78.6 Å². The summed E-state index contributed by atoms with van der Waals surface area (Å²) in [7, 11) is 0. The minimum absolute atomic E-state index is 0.108. The molecule has 6 nitrogen and oxygen atoms in total. The predicted octanol–water partition coefficient (Wildman–Crippen LogP) is 1.59. The summed E-state index contributed by atoms with van der Waals surface area (Å²) < 4.78 is 0. The fourth-order valence-electron chi connectivity index (χ4n) is 2.38. The third kappa shape index (κ3) is 3.42. The van der Waals surface area contributed by atoms with Gasteiger partial charge in [-0.1, -0.05) is 0 Å². The molecule has 6 heteroatoms. The summed E-state index contributed by atoms with van der Waals surface area (Å²) in [6.45, 7) is 4.85. The first kappa shape index (κ1) is 13.8. The van der Waals surface area contributed by atoms with Gasteiger partial charge in [-0.25, -0.2) is 0 Å². The molecule has 1 aliphatic heterocycles. The predicted molar refractivity (Wildman–Crippen MR) is 73.2 cm³/mol. The summed E-state index contributed by atoms with van der Waals surface area (Å²) in [5.74, 6) is 0. The molecule has 1 aromatic rings. The summed E-state index contributed by atoms with van der Waals surface area (Å²) in [6, 6.07) is 4.88. The maximum atomic E-state index is 10.8. The largest absolute Gasteiger partial charge is 0.392 e. The molecule has 1 fully saturated rings. The Bertz CT molecular complexity index is 464. The van der Waals surface area contributed by atoms with Gasteiger partial charge in [0.2, 0.25) is 0 Å². The Kier molecular flexibility index (Phi) is 4.34. The molecule has 19 heavy (non-hydrogen) atoms. The molecule has 0 spiro atoms. The molecule has 2 N–H and O–H groups in total. The van der Waals surface area contributed by atoms with Gasteiger partial charge in [0.1, 0.15) is 0 Å². The normalized spacial score (nSPS) is 19.6. The standard InChI is InChI=1S/C13H19N3O3/c1-2-14-13-4-3-11(16(18)19)7-10(13)8-15-6-5-12(17)9-15/h3-4,7,12,14,17H,2,5-6,8-9H2,1H3. The first-order valence-corrected chi connectivity index (χ1v) is 6.51. The molecule has 1 aromatic carbocycles. The van der Waals surface area contributed by atoms with Crippen LogP contribution in [0.3, 0.4) is 0 Å². The van der Waals surface area contributed by atoms with E-state index < -0.39 is 0 Å². The highest BCUT2D eigenvalue weighted by molar-refractivity contribution is 5.56. The van der Waals surface area contributed by atoms with Crippen LogP contribution in [-0.2, 0) is 6.54 Å². The van der Waals surface area contributed by atoms with Crippen LogP contribution in [0.1, 0.15) is 18.9 Å². The van der Waals surface area contributed by atoms with Crippen LogP contribution in [0, 0.1) is 10.1 Å². The quantitative estimate of drug-likeness (QED) is 0.624. The third-order valence-electron chi connectivity index (χ3n) is 3.31. The number of benzene rings is 1. The Morgan fingerprint density at radius 3 is 2.95 bits per heavy atom. The maximum absolute atomic E-state index is 10.8. The zero-order valence-corrected chi connectivity index (χ0v) is 11.0. The van der Waals surface area contributed by atoms with E-state index in [2.05, 4.69) is 10.2 Å². The van der Waals surface area contributed by atoms with Crippen molar-refractivity contribution in [3.63, 3.8) is 0 Å². The van der Waals surface area contributed by atoms with Gasteiger partial charge in [-0.2, -0.15) is 0 Å². The molecule has 0 saturated carbocycles. The van der Waals surface area contributed by atoms with Gasteiger partial charge in [0.15, 0.2) is 0 Å². The number of likely N-dealkylation sites (tertiary alicyclic amines) is 1. The zero-order valence-electron chi connectivity index (χ0n) is 11.0. The number of nitrogens with one attached hydrogen (secondary N) is 1. The summed E-state index contributed by atoms with van der Waals surface area (Å²) in [6.07, 6.45) is 0.493. The van der Waals surface area contributed by atoms with Gasteiger partial charge in [-0.3, -0.25) is 15.0 Å². The van der Waals surface area contributed by atoms with Gasteiger partial charge in [0.25, 0.3) is 5.69 Å². The lowest BCUT2D eigenvalue weighted by Crippen LogP contribution is -2.22. The van der Waals surface area contributed by atoms with Crippen molar-refractivity contribution in [3.8, 4) is 0 Å². The molecule has 0 aromatic heterocycles. The second-order valence-electron chi connectivity index (χ2n) is 4.81. The molecular weight excluding hydrogens is 246 g/mol. The summed E-state index contributed by atoms with van der Waals surface area (Å²) in [4.78, 5) is 12.6. The van der Waals surface area contributed by atoms with Crippen molar-refractivity contribution in [1.29, 1.82) is 0 Å². The van der Waals surface area contributed by atoms with E-state index in [1.807, 2.05) is 6.92 Å². The molecule has 0 amide bonds. The number of nitro benzene ring substituents is 1. The van der Waals surface area contributed by atoms with E-state index in [1.54, 1.807) is 12.1 Å². The van der Waals surface area contributed by atoms with Gasteiger partial charge in [0.05, 0.1) is 11.0 Å². The smallest absolute Gasteiger partial charge is 0.269 e. The van der Waals surface area contributed by atoms with Crippen molar-refractivity contribution in [2.75, 3.05) is 25.0 Å². The van der Waals surface area contributed by atoms with Crippen LogP contribution < -0.4 is 5.32 Å². The number of hydrogen-bond donors (Lipinski definition) is 2. The number of aliphatic hydroxyl groups is 1. The van der Waals surface area contributed by atoms with Crippen molar-refractivity contribution < 1.29 is 10.0 Å². The Morgan fingerprint density at radius 2 is 2.37 bits per heavy atom. The van der Waals surface area contributed by atoms with Crippen molar-refractivity contribution in [1.82, 2.24) is 4.90 Å². The van der Waals surface area contributed by atoms with E-state index in [0.29, 0.717) is 13.1 Å². The average Bonchev–Trinajstić information content (AvgIpc) is 2.77. The minimum Gasteiger partial charge on any atom is -0.392 e. The molecule has 1 atom stereocenters. The minimum atomic E-state index is -0.377. The molecule has 0 bridgehead atoms. The van der Waals surface area contributed by atoms with E-state index in [4.69, 9.17) is 0 Å². The molecule has 0 radical (unpaired) electrons. The first-order valence-electron chi connectivity index (χ1n) is 6.51. The van der Waals surface area contributed by atoms with Crippen molar-refractivity contribution in [2.24, 2.45) is 0 Å². The molecule has 1 heterocycles. The fraction of sp³-hybridized carbons (Fsp3) is 0.538. The Balaban J connectivity index is 2.19. The van der Waals surface area contributed by atoms with Crippen LogP contribution in [-0.4, -0.2) is 40.7 Å². The van der Waals surface area contributed by atoms with Crippen LogP contribution in [0.25, 0.3) is 0 Å². The lowest BCUT2D eigenvalue weighted by molar-refractivity contribution is -0.384. The molecular formula is C13H19N3O3. The molecule has 2 rings (SSSR count). The van der Waals surface area contributed by atoms with Crippen molar-refractivity contribution >= 4 is 11.4 Å². The molecule has 1 saturated heterocycles. The second kappa shape index (κ2) is 5.99. The van der Waals surface area contributed by atoms with Crippen LogP contribution >= 0.6 is 0 Å². The highest BCUT2D eigenvalue weighted by Crippen LogP contribution is 2.25. The van der Waals surface area contributed by atoms with Crippen molar-refractivity contribution in [2.45, 2.75) is 26.0 Å². The Hall–Kier alpha value is -1.66. The van der Waals surface area contributed by atoms with Gasteiger partial charge in [0, 0.05) is 44.0 Å². The molecule has 1 unspecified atom stereocenters. The lowest BCUT2D eigenvalue weighted by Gasteiger charge is -2.18. The summed E-state index contributed by atoms with van der Waals surface area (Å²) in [5.41, 5.74) is 1.94. The van der Waals surface area contributed by atoms with Gasteiger partial charge in [-0.05, 0) is 25.0 Å². The number of rotatable bonds is 5. The number of nitrogens with zero attached hydrogens (tertiary/aromatic N) is 2. The Labute approximate surface area is 112 Å². The number of non-ortho nitro benzene ring substituents is 1. The SMILES string of the molecule is CCNc1ccc([N+](=O)[O-])cc1CN1CCC(O)C1. The number of β-amino-alcohol motifs (C(OH)–C–C–N with tert-alkyl or cyclic N) is 1. The van der Waals surface area contributed by atoms with Gasteiger partial charge >= 0.3 is 0 Å². The fourth-order valence-corrected chi connectivity index (χ4v) is 2.38. The van der Waals surface area contributed by atoms with Crippen LogP contribution in [0.5, 0.6) is 0 Å². The monoisotopic (exact) mass is 265 g/mol. The lowest BCUT2D eigenvalue weighted by atomic mass is 10.1. The van der Waals surface area contributed by atoms with Crippen molar-refractivity contribution in [3.05, 3.63) is 33.9 Å². The third-order valence-corrected chi connectivity index (χ3v) is 3.31. The number of nitro groups is 1. The average molecular weight is 265 g/mol. The molecule has 1 aliphatic rings. The van der Waals surface area contributed by atoms with Crippen LogP contribution in [0.15, 0.2) is 18.2 Å². The highest BCUT2D eigenvalue weighted by Gasteiger charge is 2.21. The van der Waals surface area contributed by atoms with E-state index in [1.165, 1.54) is 6.07 Å². The Morgan fingerprint density at radius 1 is 1.58 bits per heavy atom. The van der Waals surface area contributed by atoms with Crippen LogP contribution in [0.4, 0.5) is 11.4 Å². The summed E-state index contributed by atoms with van der Waals surface area (Å²) >= 11 is 0. The van der Waals surface area contributed by atoms with E-state index in [9.17, 15) is 15.2 Å². The van der Waals surface area contributed by atoms with E-state index >= 15 is 0 Å². The second-order valence-corrected chi connectivity index (χ2v) is 4.81. The zero-order chi connectivity index (χ0) is 13.8. The number of hydrogen-bond acceptors (Lipinski definition) is 5. The highest BCUT2D eigenvalue weighted by atomic mass is 16.6. The van der Waals surface area contributed by atoms with E-state index in [0.717, 1.165) is 30.8 Å². The molecule has 104 valence electrons. The molecule has 0 aliphatic carbocycles. The van der Waals surface area contributed by atoms with Crippen LogP contribution in [0.2, 0.25) is 0 Å². The van der Waals surface area contributed by atoms with E-state index in [-0.39, 0.29) is 16.7 Å². The van der Waals surface area contributed by atoms with Gasteiger partial charge < -0.3 is 10.4 Å². The number of anilines is 1. The summed E-state index contributed by atoms with van der Waals surface area (Å²) in [5, 5.41) is 23.6. The maximum Gasteiger partial charge on any atom is 0.269 e. The van der Waals surface area contributed by atoms with Gasteiger partial charge in [-0.15, -0.1) is 0 Å². The first-order chi connectivity index (χ1) is 9.10.